The molecule has 109 valence electrons. The Balaban J connectivity index is -0.000000216. The van der Waals surface area contributed by atoms with Crippen LogP contribution in [0.15, 0.2) is 109 Å². The summed E-state index contributed by atoms with van der Waals surface area (Å²) in [5.74, 6) is 0. The van der Waals surface area contributed by atoms with Crippen LogP contribution < -0.4 is 9.41 Å². The van der Waals surface area contributed by atoms with Crippen LogP contribution in [0.2, 0.25) is 0 Å². The van der Waals surface area contributed by atoms with E-state index >= 15 is 0 Å². The zero-order valence-electron chi connectivity index (χ0n) is 11.6. The minimum atomic E-state index is 0. The molecule has 3 aromatic carbocycles. The molecule has 0 N–H and O–H groups in total. The summed E-state index contributed by atoms with van der Waals surface area (Å²) in [5, 5.41) is 0. The van der Waals surface area contributed by atoms with Gasteiger partial charge in [0, 0.05) is 0 Å². The molecule has 3 heteroatoms. The molecule has 3 aromatic rings. The molecule has 0 unspecified atom stereocenters. The topological polar surface area (TPSA) is 0 Å². The second-order valence-electron chi connectivity index (χ2n) is 3.46. The summed E-state index contributed by atoms with van der Waals surface area (Å²) in [6.07, 6.45) is 0. The molecule has 0 spiro atoms. The van der Waals surface area contributed by atoms with Crippen LogP contribution >= 0.6 is 0 Å². The number of rotatable bonds is 0. The van der Waals surface area contributed by atoms with E-state index in [1.807, 2.05) is 109 Å². The molecule has 0 aliphatic carbocycles. The predicted octanol–water partition coefficient (Wildman–Crippen LogP) is -1.31. The van der Waals surface area contributed by atoms with Crippen LogP contribution in [-0.2, 0) is 0 Å². The van der Waals surface area contributed by atoms with E-state index in [0.29, 0.717) is 0 Å². The van der Waals surface area contributed by atoms with Gasteiger partial charge in [0.25, 0.3) is 0 Å². The molecule has 21 heavy (non-hydrogen) atoms. The molecule has 0 fully saturated rings. The zero-order valence-corrected chi connectivity index (χ0v) is 15.1. The molecule has 3 radical (unpaired) electrons. The van der Waals surface area contributed by atoms with Crippen molar-refractivity contribution in [1.29, 1.82) is 0 Å². The summed E-state index contributed by atoms with van der Waals surface area (Å²) in [6.45, 7) is 0. The van der Waals surface area contributed by atoms with Crippen molar-refractivity contribution in [1.82, 2.24) is 0 Å². The van der Waals surface area contributed by atoms with Crippen LogP contribution in [0, 0.1) is 0 Å². The van der Waals surface area contributed by atoms with E-state index in [0.717, 1.165) is 0 Å². The fourth-order valence-corrected chi connectivity index (χ4v) is 1.15. The van der Waals surface area contributed by atoms with E-state index < -0.39 is 0 Å². The fourth-order valence-electron chi connectivity index (χ4n) is 1.15. The summed E-state index contributed by atoms with van der Waals surface area (Å²) in [4.78, 5) is 0. The second kappa shape index (κ2) is 20.7. The van der Waals surface area contributed by atoms with Crippen molar-refractivity contribution < 1.29 is 9.41 Å². The molecule has 0 aliphatic rings. The van der Waals surface area contributed by atoms with Gasteiger partial charge in [-0.05, 0) is 0 Å². The number of hydrogen-bond acceptors (Lipinski definition) is 0. The van der Waals surface area contributed by atoms with Gasteiger partial charge >= 0.3 is 26.2 Å². The van der Waals surface area contributed by atoms with Gasteiger partial charge in [0.1, 0.15) is 0 Å². The molecular weight excluding hydrogens is 463 g/mol. The van der Waals surface area contributed by atoms with Gasteiger partial charge in [0.15, 0.2) is 0 Å². The molecule has 0 saturated carbocycles. The average Bonchev–Trinajstić information content (AvgIpc) is 2.54. The van der Waals surface area contributed by atoms with Crippen molar-refractivity contribution >= 4 is 26.2 Å². The largest absolute Gasteiger partial charge is 2.00 e. The normalized spacial score (nSPS) is 6.86. The fraction of sp³-hybridized carbons (Fsp3) is 0. The van der Waals surface area contributed by atoms with Crippen LogP contribution in [0.5, 0.6) is 0 Å². The third-order valence-corrected chi connectivity index (χ3v) is 2.00. The standard InChI is InChI=1S/3C6H6.Bi.2FH/c3*1-2-4-6-5-3-1;;;/h3*1-6H;;2*1H/q;;;+2;;/p-2. The van der Waals surface area contributed by atoms with E-state index in [1.54, 1.807) is 0 Å². The minimum absolute atomic E-state index is 0. The molecule has 0 aromatic heterocycles. The zero-order chi connectivity index (χ0) is 12.7. The van der Waals surface area contributed by atoms with E-state index in [-0.39, 0.29) is 35.6 Å². The Kier molecular flexibility index (Phi) is 24.1. The third kappa shape index (κ3) is 18.4. The van der Waals surface area contributed by atoms with Gasteiger partial charge in [0.2, 0.25) is 0 Å². The SMILES string of the molecule is [Bi+2].[F-].[F-].c1ccccc1.c1ccccc1.c1ccccc1. The van der Waals surface area contributed by atoms with Gasteiger partial charge < -0.3 is 9.41 Å². The van der Waals surface area contributed by atoms with Crippen molar-refractivity contribution in [3.8, 4) is 0 Å². The molecule has 0 aliphatic heterocycles. The van der Waals surface area contributed by atoms with Gasteiger partial charge in [-0.3, -0.25) is 0 Å². The van der Waals surface area contributed by atoms with Crippen molar-refractivity contribution in [2.75, 3.05) is 0 Å². The molecule has 0 heterocycles. The first kappa shape index (κ1) is 24.4. The van der Waals surface area contributed by atoms with Crippen molar-refractivity contribution in [3.05, 3.63) is 109 Å². The smallest absolute Gasteiger partial charge is 1.00 e. The molecule has 0 nitrogen and oxygen atoms in total. The summed E-state index contributed by atoms with van der Waals surface area (Å²) in [5.41, 5.74) is 0. The monoisotopic (exact) mass is 481 g/mol. The number of halogens is 2. The summed E-state index contributed by atoms with van der Waals surface area (Å²) in [6, 6.07) is 36.0. The van der Waals surface area contributed by atoms with Crippen LogP contribution in [0.1, 0.15) is 0 Å². The van der Waals surface area contributed by atoms with Gasteiger partial charge in [-0.1, -0.05) is 109 Å². The van der Waals surface area contributed by atoms with E-state index in [4.69, 9.17) is 0 Å². The maximum absolute atomic E-state index is 2.00. The average molecular weight is 481 g/mol. The molecule has 0 atom stereocenters. The first-order valence-corrected chi connectivity index (χ1v) is 6.00. The van der Waals surface area contributed by atoms with Gasteiger partial charge in [-0.25, -0.2) is 0 Å². The summed E-state index contributed by atoms with van der Waals surface area (Å²) >= 11 is 0. The van der Waals surface area contributed by atoms with Gasteiger partial charge in [0.05, 0.1) is 0 Å². The molecule has 3 rings (SSSR count). The van der Waals surface area contributed by atoms with Crippen molar-refractivity contribution in [2.45, 2.75) is 0 Å². The predicted molar refractivity (Wildman–Crippen MR) is 85.1 cm³/mol. The number of benzene rings is 3. The Hall–Kier alpha value is -1.60. The first-order valence-electron chi connectivity index (χ1n) is 6.00. The Morgan fingerprint density at radius 2 is 0.238 bits per heavy atom. The van der Waals surface area contributed by atoms with Gasteiger partial charge in [-0.15, -0.1) is 0 Å². The van der Waals surface area contributed by atoms with E-state index in [9.17, 15) is 0 Å². The maximum Gasteiger partial charge on any atom is 2.00 e. The molecule has 0 saturated heterocycles. The second-order valence-corrected chi connectivity index (χ2v) is 3.46. The molecular formula is C18H18BiF2. The molecule has 0 bridgehead atoms. The van der Waals surface area contributed by atoms with Crippen molar-refractivity contribution in [3.63, 3.8) is 0 Å². The third-order valence-electron chi connectivity index (χ3n) is 2.00. The minimum Gasteiger partial charge on any atom is -1.00 e. The maximum atomic E-state index is 2.00. The number of hydrogen-bond donors (Lipinski definition) is 0. The van der Waals surface area contributed by atoms with Crippen LogP contribution in [0.4, 0.5) is 0 Å². The summed E-state index contributed by atoms with van der Waals surface area (Å²) in [7, 11) is 0. The van der Waals surface area contributed by atoms with E-state index in [1.165, 1.54) is 0 Å². The van der Waals surface area contributed by atoms with Crippen LogP contribution in [0.25, 0.3) is 0 Å². The Bertz CT molecular complexity index is 306. The summed E-state index contributed by atoms with van der Waals surface area (Å²) < 4.78 is 0. The molecule has 0 amide bonds. The Morgan fingerprint density at radius 1 is 0.190 bits per heavy atom. The van der Waals surface area contributed by atoms with Crippen molar-refractivity contribution in [2.24, 2.45) is 0 Å². The quantitative estimate of drug-likeness (QED) is 0.350. The van der Waals surface area contributed by atoms with Gasteiger partial charge in [-0.2, -0.15) is 0 Å². The Morgan fingerprint density at radius 3 is 0.286 bits per heavy atom. The van der Waals surface area contributed by atoms with Crippen LogP contribution in [0.3, 0.4) is 0 Å². The van der Waals surface area contributed by atoms with Crippen LogP contribution in [-0.4, -0.2) is 26.2 Å². The Labute approximate surface area is 144 Å². The van der Waals surface area contributed by atoms with E-state index in [2.05, 4.69) is 0 Å². The first-order chi connectivity index (χ1) is 9.00.